The van der Waals surface area contributed by atoms with E-state index in [1.165, 1.54) is 5.57 Å². The summed E-state index contributed by atoms with van der Waals surface area (Å²) >= 11 is 0. The maximum atomic E-state index is 12.4. The number of carbonyl (C=O) groups is 1. The highest BCUT2D eigenvalue weighted by Gasteiger charge is 2.16. The highest BCUT2D eigenvalue weighted by molar-refractivity contribution is 5.94. The third-order valence-electron chi connectivity index (χ3n) is 4.47. The van der Waals surface area contributed by atoms with Crippen molar-refractivity contribution in [3.63, 3.8) is 0 Å². The number of pyridine rings is 1. The molecule has 2 aliphatic heterocycles. The van der Waals surface area contributed by atoms with Gasteiger partial charge < -0.3 is 20.4 Å². The van der Waals surface area contributed by atoms with Gasteiger partial charge in [0.25, 0.3) is 5.91 Å². The maximum absolute atomic E-state index is 12.4. The number of rotatable bonds is 4. The van der Waals surface area contributed by atoms with E-state index in [9.17, 15) is 4.79 Å². The average Bonchev–Trinajstić information content (AvgIpc) is 2.61. The largest absolute Gasteiger partial charge is 0.354 e. The van der Waals surface area contributed by atoms with E-state index in [4.69, 9.17) is 0 Å². The van der Waals surface area contributed by atoms with E-state index in [1.807, 2.05) is 6.07 Å². The molecule has 0 spiro atoms. The van der Waals surface area contributed by atoms with Crippen LogP contribution in [-0.4, -0.2) is 68.7 Å². The summed E-state index contributed by atoms with van der Waals surface area (Å²) in [5.41, 5.74) is 1.98. The second kappa shape index (κ2) is 7.57. The zero-order valence-corrected chi connectivity index (χ0v) is 13.7. The van der Waals surface area contributed by atoms with Gasteiger partial charge in [-0.05, 0) is 32.1 Å². The fraction of sp³-hybridized carbons (Fsp3) is 0.529. The van der Waals surface area contributed by atoms with Gasteiger partial charge in [0.15, 0.2) is 0 Å². The van der Waals surface area contributed by atoms with Crippen molar-refractivity contribution in [2.75, 3.05) is 57.8 Å². The van der Waals surface area contributed by atoms with Crippen LogP contribution >= 0.6 is 0 Å². The fourth-order valence-electron chi connectivity index (χ4n) is 2.89. The summed E-state index contributed by atoms with van der Waals surface area (Å²) in [4.78, 5) is 21.3. The summed E-state index contributed by atoms with van der Waals surface area (Å²) in [6, 6.07) is 3.68. The third kappa shape index (κ3) is 4.30. The molecule has 1 saturated heterocycles. The van der Waals surface area contributed by atoms with Crippen LogP contribution in [0.25, 0.3) is 0 Å². The van der Waals surface area contributed by atoms with E-state index >= 15 is 0 Å². The Hall–Kier alpha value is -1.92. The zero-order valence-electron chi connectivity index (χ0n) is 13.7. The van der Waals surface area contributed by atoms with Gasteiger partial charge in [0, 0.05) is 51.0 Å². The molecule has 1 aromatic heterocycles. The molecule has 0 unspecified atom stereocenters. The first kappa shape index (κ1) is 16.0. The van der Waals surface area contributed by atoms with E-state index in [0.717, 1.165) is 51.5 Å². The number of likely N-dealkylation sites (N-methyl/N-ethyl adjacent to an activating group) is 1. The SMILES string of the molecule is CN1CCN(c2cc(C(=O)NCC3=CCNCC3)ccn2)CC1. The van der Waals surface area contributed by atoms with Crippen LogP contribution in [0.1, 0.15) is 16.8 Å². The minimum Gasteiger partial charge on any atom is -0.354 e. The lowest BCUT2D eigenvalue weighted by Crippen LogP contribution is -2.44. The van der Waals surface area contributed by atoms with E-state index in [1.54, 1.807) is 12.3 Å². The Labute approximate surface area is 137 Å². The quantitative estimate of drug-likeness (QED) is 0.792. The lowest BCUT2D eigenvalue weighted by molar-refractivity contribution is 0.0956. The normalized spacial score (nSPS) is 19.3. The van der Waals surface area contributed by atoms with Crippen LogP contribution in [0.5, 0.6) is 0 Å². The number of anilines is 1. The topological polar surface area (TPSA) is 60.5 Å². The molecule has 6 nitrogen and oxygen atoms in total. The fourth-order valence-corrected chi connectivity index (χ4v) is 2.89. The molecule has 0 bridgehead atoms. The summed E-state index contributed by atoms with van der Waals surface area (Å²) in [5.74, 6) is 0.869. The number of nitrogens with one attached hydrogen (secondary N) is 2. The minimum absolute atomic E-state index is 0.0257. The Morgan fingerprint density at radius 1 is 1.35 bits per heavy atom. The van der Waals surface area contributed by atoms with Crippen molar-refractivity contribution in [3.8, 4) is 0 Å². The molecule has 3 heterocycles. The number of carbonyl (C=O) groups excluding carboxylic acids is 1. The number of hydrogen-bond acceptors (Lipinski definition) is 5. The molecule has 2 aliphatic rings. The molecular formula is C17H25N5O. The molecule has 0 aliphatic carbocycles. The Bertz CT molecular complexity index is 578. The average molecular weight is 315 g/mol. The van der Waals surface area contributed by atoms with E-state index in [0.29, 0.717) is 12.1 Å². The molecule has 0 radical (unpaired) electrons. The molecule has 1 amide bonds. The van der Waals surface area contributed by atoms with Crippen LogP contribution < -0.4 is 15.5 Å². The molecule has 3 rings (SSSR count). The number of piperazine rings is 1. The minimum atomic E-state index is -0.0257. The van der Waals surface area contributed by atoms with E-state index in [-0.39, 0.29) is 5.91 Å². The van der Waals surface area contributed by atoms with Gasteiger partial charge in [-0.1, -0.05) is 11.6 Å². The van der Waals surface area contributed by atoms with Gasteiger partial charge in [-0.3, -0.25) is 4.79 Å². The molecule has 2 N–H and O–H groups in total. The Kier molecular flexibility index (Phi) is 5.25. The van der Waals surface area contributed by atoms with Gasteiger partial charge in [-0.25, -0.2) is 4.98 Å². The Morgan fingerprint density at radius 2 is 2.17 bits per heavy atom. The first-order valence-electron chi connectivity index (χ1n) is 8.29. The van der Waals surface area contributed by atoms with Gasteiger partial charge in [-0.15, -0.1) is 0 Å². The lowest BCUT2D eigenvalue weighted by Gasteiger charge is -2.33. The lowest BCUT2D eigenvalue weighted by atomic mass is 10.1. The molecule has 6 heteroatoms. The van der Waals surface area contributed by atoms with Crippen molar-refractivity contribution >= 4 is 11.7 Å². The van der Waals surface area contributed by atoms with Gasteiger partial charge in [0.05, 0.1) is 0 Å². The summed E-state index contributed by atoms with van der Waals surface area (Å²) in [6.07, 6.45) is 4.89. The van der Waals surface area contributed by atoms with Crippen LogP contribution in [0, 0.1) is 0 Å². The van der Waals surface area contributed by atoms with Crippen molar-refractivity contribution in [1.82, 2.24) is 20.5 Å². The van der Waals surface area contributed by atoms with Crippen molar-refractivity contribution in [1.29, 1.82) is 0 Å². The molecule has 1 fully saturated rings. The standard InChI is InChI=1S/C17H25N5O/c1-21-8-10-22(11-9-21)16-12-15(4-7-19-16)17(23)20-13-14-2-5-18-6-3-14/h2,4,7,12,18H,3,5-6,8-11,13H2,1H3,(H,20,23). The highest BCUT2D eigenvalue weighted by atomic mass is 16.1. The first-order valence-corrected chi connectivity index (χ1v) is 8.29. The first-order chi connectivity index (χ1) is 11.2. The Morgan fingerprint density at radius 3 is 2.91 bits per heavy atom. The number of nitrogens with zero attached hydrogens (tertiary/aromatic N) is 3. The molecular weight excluding hydrogens is 290 g/mol. The van der Waals surface area contributed by atoms with Gasteiger partial charge in [0.2, 0.25) is 0 Å². The molecule has 0 aromatic carbocycles. The van der Waals surface area contributed by atoms with Gasteiger partial charge >= 0.3 is 0 Å². The monoisotopic (exact) mass is 315 g/mol. The summed E-state index contributed by atoms with van der Waals surface area (Å²) in [6.45, 7) is 6.48. The van der Waals surface area contributed by atoms with Crippen LogP contribution in [0.4, 0.5) is 5.82 Å². The second-order valence-corrected chi connectivity index (χ2v) is 6.19. The van der Waals surface area contributed by atoms with Crippen molar-refractivity contribution in [2.24, 2.45) is 0 Å². The van der Waals surface area contributed by atoms with E-state index < -0.39 is 0 Å². The summed E-state index contributed by atoms with van der Waals surface area (Å²) in [7, 11) is 2.13. The predicted molar refractivity (Wildman–Crippen MR) is 91.8 cm³/mol. The van der Waals surface area contributed by atoms with Gasteiger partial charge in [-0.2, -0.15) is 0 Å². The Balaban J connectivity index is 1.60. The smallest absolute Gasteiger partial charge is 0.251 e. The number of hydrogen-bond donors (Lipinski definition) is 2. The summed E-state index contributed by atoms with van der Waals surface area (Å²) in [5, 5.41) is 6.29. The van der Waals surface area contributed by atoms with Crippen LogP contribution in [-0.2, 0) is 0 Å². The summed E-state index contributed by atoms with van der Waals surface area (Å²) < 4.78 is 0. The van der Waals surface area contributed by atoms with Crippen molar-refractivity contribution in [3.05, 3.63) is 35.5 Å². The van der Waals surface area contributed by atoms with E-state index in [2.05, 4.69) is 38.5 Å². The van der Waals surface area contributed by atoms with Crippen molar-refractivity contribution in [2.45, 2.75) is 6.42 Å². The molecule has 0 atom stereocenters. The van der Waals surface area contributed by atoms with Crippen LogP contribution in [0.3, 0.4) is 0 Å². The number of amides is 1. The molecule has 1 aromatic rings. The molecule has 0 saturated carbocycles. The van der Waals surface area contributed by atoms with Crippen LogP contribution in [0.15, 0.2) is 30.0 Å². The maximum Gasteiger partial charge on any atom is 0.251 e. The van der Waals surface area contributed by atoms with Crippen molar-refractivity contribution < 1.29 is 4.79 Å². The number of aromatic nitrogens is 1. The highest BCUT2D eigenvalue weighted by Crippen LogP contribution is 2.15. The molecule has 23 heavy (non-hydrogen) atoms. The second-order valence-electron chi connectivity index (χ2n) is 6.19. The molecule has 124 valence electrons. The zero-order chi connectivity index (χ0) is 16.1. The van der Waals surface area contributed by atoms with Crippen LogP contribution in [0.2, 0.25) is 0 Å². The van der Waals surface area contributed by atoms with Gasteiger partial charge in [0.1, 0.15) is 5.82 Å². The third-order valence-corrected chi connectivity index (χ3v) is 4.47. The predicted octanol–water partition coefficient (Wildman–Crippen LogP) is 0.483.